The molecule has 0 radical (unpaired) electrons. The van der Waals surface area contributed by atoms with E-state index in [4.69, 9.17) is 9.47 Å². The summed E-state index contributed by atoms with van der Waals surface area (Å²) in [6.07, 6.45) is -0.874. The summed E-state index contributed by atoms with van der Waals surface area (Å²) in [5.74, 6) is 0. The second-order valence-electron chi connectivity index (χ2n) is 5.92. The molecule has 1 unspecified atom stereocenters. The number of carbonyl (C=O) groups is 1. The van der Waals surface area contributed by atoms with Crippen LogP contribution in [0.1, 0.15) is 20.8 Å². The number of rotatable bonds is 5. The highest BCUT2D eigenvalue weighted by molar-refractivity contribution is 5.68. The fraction of sp³-hybridized carbons (Fsp3) is 0.923. The Morgan fingerprint density at radius 3 is 2.65 bits per heavy atom. The quantitative estimate of drug-likeness (QED) is 0.835. The Hall–Kier alpha value is -0.950. The molecule has 0 bridgehead atoms. The Bertz CT molecular complexity index is 306. The summed E-state index contributed by atoms with van der Waals surface area (Å²) in [5.41, 5.74) is -0.371. The van der Waals surface area contributed by atoms with Crippen molar-refractivity contribution in [1.82, 2.24) is 10.2 Å². The number of hydrogen-bond acceptors (Lipinski definition) is 4. The Balaban J connectivity index is 2.35. The minimum atomic E-state index is -0.732. The van der Waals surface area contributed by atoms with E-state index < -0.39 is 25.5 Å². The van der Waals surface area contributed by atoms with E-state index in [0.29, 0.717) is 19.7 Å². The zero-order valence-electron chi connectivity index (χ0n) is 12.3. The second kappa shape index (κ2) is 7.73. The molecule has 1 fully saturated rings. The van der Waals surface area contributed by atoms with Crippen LogP contribution in [0.3, 0.4) is 0 Å². The molecule has 1 atom stereocenters. The molecule has 1 saturated heterocycles. The van der Waals surface area contributed by atoms with E-state index in [1.807, 2.05) is 20.8 Å². The first kappa shape index (κ1) is 17.1. The van der Waals surface area contributed by atoms with Crippen molar-refractivity contribution in [1.29, 1.82) is 0 Å². The second-order valence-corrected chi connectivity index (χ2v) is 5.92. The maximum atomic E-state index is 12.7. The molecule has 0 aromatic heterocycles. The molecule has 1 aliphatic heterocycles. The highest BCUT2D eigenvalue weighted by atomic mass is 19.1. The molecule has 118 valence electrons. The summed E-state index contributed by atoms with van der Waals surface area (Å²) in [4.78, 5) is 13.2. The Morgan fingerprint density at radius 1 is 1.45 bits per heavy atom. The van der Waals surface area contributed by atoms with Crippen molar-refractivity contribution in [2.24, 2.45) is 0 Å². The van der Waals surface area contributed by atoms with Crippen molar-refractivity contribution in [2.45, 2.75) is 38.5 Å². The van der Waals surface area contributed by atoms with E-state index in [1.54, 1.807) is 4.90 Å². The molecular formula is C13H24F2N2O3. The van der Waals surface area contributed by atoms with E-state index in [9.17, 15) is 13.6 Å². The van der Waals surface area contributed by atoms with Gasteiger partial charge in [-0.05, 0) is 20.8 Å². The van der Waals surface area contributed by atoms with Crippen LogP contribution in [0.15, 0.2) is 0 Å². The van der Waals surface area contributed by atoms with Gasteiger partial charge in [0.05, 0.1) is 12.6 Å². The predicted octanol–water partition coefficient (Wildman–Crippen LogP) is 1.52. The number of amides is 1. The van der Waals surface area contributed by atoms with Crippen LogP contribution in [-0.4, -0.2) is 68.3 Å². The normalized spacial score (nSPS) is 21.0. The SMILES string of the molecule is CC(C)(C)NC(=O)OCC1CN(C(CF)CF)CCO1. The Labute approximate surface area is 118 Å². The third-order valence-electron chi connectivity index (χ3n) is 2.92. The maximum Gasteiger partial charge on any atom is 0.407 e. The van der Waals surface area contributed by atoms with Gasteiger partial charge in [-0.25, -0.2) is 13.6 Å². The zero-order chi connectivity index (χ0) is 15.2. The third-order valence-corrected chi connectivity index (χ3v) is 2.92. The first-order valence-electron chi connectivity index (χ1n) is 6.78. The lowest BCUT2D eigenvalue weighted by molar-refractivity contribution is -0.0715. The molecule has 0 aliphatic carbocycles. The van der Waals surface area contributed by atoms with Crippen LogP contribution in [0.5, 0.6) is 0 Å². The summed E-state index contributed by atoms with van der Waals surface area (Å²) in [6, 6.07) is -0.732. The lowest BCUT2D eigenvalue weighted by Crippen LogP contribution is -2.51. The van der Waals surface area contributed by atoms with Crippen LogP contribution in [0.4, 0.5) is 13.6 Å². The molecule has 7 heteroatoms. The summed E-state index contributed by atoms with van der Waals surface area (Å²) in [6.45, 7) is 5.39. The van der Waals surface area contributed by atoms with Crippen molar-refractivity contribution >= 4 is 6.09 Å². The highest BCUT2D eigenvalue weighted by Gasteiger charge is 2.27. The van der Waals surface area contributed by atoms with Gasteiger partial charge in [0.1, 0.15) is 26.1 Å². The summed E-state index contributed by atoms with van der Waals surface area (Å²) < 4.78 is 35.8. The third kappa shape index (κ3) is 6.00. The van der Waals surface area contributed by atoms with Gasteiger partial charge < -0.3 is 14.8 Å². The lowest BCUT2D eigenvalue weighted by Gasteiger charge is -2.36. The largest absolute Gasteiger partial charge is 0.447 e. The van der Waals surface area contributed by atoms with Crippen molar-refractivity contribution < 1.29 is 23.0 Å². The number of morpholine rings is 1. The topological polar surface area (TPSA) is 50.8 Å². The van der Waals surface area contributed by atoms with Gasteiger partial charge in [0.2, 0.25) is 0 Å². The minimum absolute atomic E-state index is 0.0731. The van der Waals surface area contributed by atoms with Gasteiger partial charge in [-0.2, -0.15) is 0 Å². The van der Waals surface area contributed by atoms with Crippen LogP contribution in [0, 0.1) is 0 Å². The summed E-state index contributed by atoms with van der Waals surface area (Å²) in [7, 11) is 0. The average molecular weight is 294 g/mol. The molecule has 0 aromatic carbocycles. The molecule has 0 spiro atoms. The summed E-state index contributed by atoms with van der Waals surface area (Å²) in [5, 5.41) is 2.66. The van der Waals surface area contributed by atoms with Gasteiger partial charge in [0.15, 0.2) is 0 Å². The molecule has 1 rings (SSSR count). The number of carbonyl (C=O) groups excluding carboxylic acids is 1. The van der Waals surface area contributed by atoms with E-state index in [1.165, 1.54) is 0 Å². The van der Waals surface area contributed by atoms with E-state index in [2.05, 4.69) is 5.32 Å². The smallest absolute Gasteiger partial charge is 0.407 e. The predicted molar refractivity (Wildman–Crippen MR) is 71.3 cm³/mol. The molecule has 5 nitrogen and oxygen atoms in total. The molecule has 1 heterocycles. The number of alkyl carbamates (subject to hydrolysis) is 1. The summed E-state index contributed by atoms with van der Waals surface area (Å²) >= 11 is 0. The highest BCUT2D eigenvalue weighted by Crippen LogP contribution is 2.11. The van der Waals surface area contributed by atoms with Gasteiger partial charge in [-0.1, -0.05) is 0 Å². The Kier molecular flexibility index (Phi) is 6.61. The fourth-order valence-corrected chi connectivity index (χ4v) is 1.92. The van der Waals surface area contributed by atoms with Gasteiger partial charge in [-0.15, -0.1) is 0 Å². The van der Waals surface area contributed by atoms with Crippen molar-refractivity contribution in [2.75, 3.05) is 39.7 Å². The number of alkyl halides is 2. The number of hydrogen-bond donors (Lipinski definition) is 1. The fourth-order valence-electron chi connectivity index (χ4n) is 1.92. The zero-order valence-corrected chi connectivity index (χ0v) is 12.3. The minimum Gasteiger partial charge on any atom is -0.447 e. The molecule has 0 aromatic rings. The van der Waals surface area contributed by atoms with E-state index in [-0.39, 0.29) is 18.2 Å². The Morgan fingerprint density at radius 2 is 2.10 bits per heavy atom. The number of nitrogens with zero attached hydrogens (tertiary/aromatic N) is 1. The molecular weight excluding hydrogens is 270 g/mol. The van der Waals surface area contributed by atoms with Gasteiger partial charge >= 0.3 is 6.09 Å². The maximum absolute atomic E-state index is 12.7. The standard InChI is InChI=1S/C13H24F2N2O3/c1-13(2,3)16-12(18)20-9-11-8-17(4-5-19-11)10(6-14)7-15/h10-11H,4-9H2,1-3H3,(H,16,18). The van der Waals surface area contributed by atoms with E-state index in [0.717, 1.165) is 0 Å². The molecule has 20 heavy (non-hydrogen) atoms. The number of ether oxygens (including phenoxy) is 2. The van der Waals surface area contributed by atoms with Crippen LogP contribution in [0.25, 0.3) is 0 Å². The van der Waals surface area contributed by atoms with Gasteiger partial charge in [-0.3, -0.25) is 4.90 Å². The van der Waals surface area contributed by atoms with Crippen molar-refractivity contribution in [3.63, 3.8) is 0 Å². The first-order chi connectivity index (χ1) is 9.35. The van der Waals surface area contributed by atoms with Crippen molar-refractivity contribution in [3.05, 3.63) is 0 Å². The number of nitrogens with one attached hydrogen (secondary N) is 1. The average Bonchev–Trinajstić information content (AvgIpc) is 2.36. The monoisotopic (exact) mass is 294 g/mol. The van der Waals surface area contributed by atoms with Crippen LogP contribution in [0.2, 0.25) is 0 Å². The molecule has 1 aliphatic rings. The van der Waals surface area contributed by atoms with Crippen molar-refractivity contribution in [3.8, 4) is 0 Å². The molecule has 1 amide bonds. The molecule has 0 saturated carbocycles. The lowest BCUT2D eigenvalue weighted by atomic mass is 10.1. The first-order valence-corrected chi connectivity index (χ1v) is 6.78. The van der Waals surface area contributed by atoms with Crippen LogP contribution in [-0.2, 0) is 9.47 Å². The van der Waals surface area contributed by atoms with Gasteiger partial charge in [0, 0.05) is 18.6 Å². The van der Waals surface area contributed by atoms with Crippen LogP contribution < -0.4 is 5.32 Å². The molecule has 1 N–H and O–H groups in total. The van der Waals surface area contributed by atoms with E-state index >= 15 is 0 Å². The van der Waals surface area contributed by atoms with Gasteiger partial charge in [0.25, 0.3) is 0 Å². The van der Waals surface area contributed by atoms with Crippen LogP contribution >= 0.6 is 0 Å². The number of halogens is 2.